The van der Waals surface area contributed by atoms with Crippen molar-refractivity contribution in [1.82, 2.24) is 14.7 Å². The number of aryl methyl sites for hydroxylation is 1. The lowest BCUT2D eigenvalue weighted by Gasteiger charge is -2.41. The third-order valence-corrected chi connectivity index (χ3v) is 6.42. The summed E-state index contributed by atoms with van der Waals surface area (Å²) in [5.41, 5.74) is 2.43. The number of nitrogens with zero attached hydrogens (tertiary/aromatic N) is 3. The van der Waals surface area contributed by atoms with E-state index in [1.807, 2.05) is 42.2 Å². The number of benzene rings is 1. The normalized spacial score (nSPS) is 22.9. The van der Waals surface area contributed by atoms with Crippen LogP contribution in [0.2, 0.25) is 5.15 Å². The Bertz CT molecular complexity index is 786. The molecule has 4 nitrogen and oxygen atoms in total. The fourth-order valence-electron chi connectivity index (χ4n) is 4.60. The largest absolute Gasteiger partial charge is 0.338 e. The van der Waals surface area contributed by atoms with Crippen molar-refractivity contribution < 1.29 is 4.79 Å². The second-order valence-corrected chi connectivity index (χ2v) is 8.10. The number of hydrogen-bond acceptors (Lipinski definition) is 2. The zero-order valence-electron chi connectivity index (χ0n) is 15.3. The summed E-state index contributed by atoms with van der Waals surface area (Å²) in [6.45, 7) is 4.19. The minimum absolute atomic E-state index is 0.0517. The van der Waals surface area contributed by atoms with Crippen molar-refractivity contribution in [3.63, 3.8) is 0 Å². The summed E-state index contributed by atoms with van der Waals surface area (Å²) in [6, 6.07) is 10.1. The Kier molecular flexibility index (Phi) is 5.03. The van der Waals surface area contributed by atoms with Gasteiger partial charge in [0.2, 0.25) is 0 Å². The maximum atomic E-state index is 13.2. The molecule has 2 aromatic rings. The van der Waals surface area contributed by atoms with Gasteiger partial charge in [-0.1, -0.05) is 61.2 Å². The number of piperidine rings is 1. The van der Waals surface area contributed by atoms with Gasteiger partial charge in [0.15, 0.2) is 0 Å². The van der Waals surface area contributed by atoms with Crippen LogP contribution in [0.3, 0.4) is 0 Å². The quantitative estimate of drug-likeness (QED) is 0.794. The molecule has 5 heteroatoms. The topological polar surface area (TPSA) is 38.1 Å². The molecular weight excluding hydrogens is 346 g/mol. The fraction of sp³-hybridized carbons (Fsp3) is 0.524. The molecule has 0 radical (unpaired) electrons. The molecule has 26 heavy (non-hydrogen) atoms. The van der Waals surface area contributed by atoms with Crippen molar-refractivity contribution in [1.29, 1.82) is 0 Å². The van der Waals surface area contributed by atoms with Gasteiger partial charge in [-0.2, -0.15) is 5.10 Å². The first-order chi connectivity index (χ1) is 12.6. The van der Waals surface area contributed by atoms with E-state index in [1.165, 1.54) is 25.7 Å². The van der Waals surface area contributed by atoms with E-state index in [0.29, 0.717) is 23.2 Å². The summed E-state index contributed by atoms with van der Waals surface area (Å²) in [5, 5.41) is 5.00. The van der Waals surface area contributed by atoms with Gasteiger partial charge in [-0.05, 0) is 37.2 Å². The van der Waals surface area contributed by atoms with Crippen LogP contribution in [0.4, 0.5) is 0 Å². The predicted octanol–water partition coefficient (Wildman–Crippen LogP) is 4.55. The minimum Gasteiger partial charge on any atom is -0.338 e. The highest BCUT2D eigenvalue weighted by atomic mass is 35.5. The molecular formula is C21H26ClN3O. The Labute approximate surface area is 160 Å². The smallest absolute Gasteiger partial charge is 0.258 e. The second-order valence-electron chi connectivity index (χ2n) is 7.74. The monoisotopic (exact) mass is 371 g/mol. The summed E-state index contributed by atoms with van der Waals surface area (Å²) >= 11 is 6.58. The summed E-state index contributed by atoms with van der Waals surface area (Å²) in [4.78, 5) is 15.2. The summed E-state index contributed by atoms with van der Waals surface area (Å²) in [7, 11) is 0. The third-order valence-electron chi connectivity index (χ3n) is 6.03. The average Bonchev–Trinajstić information content (AvgIpc) is 2.95. The molecule has 0 unspecified atom stereocenters. The standard InChI is InChI=1S/C21H26ClN3O/c1-15-19(20(22)25(23-15)13-16-7-3-2-4-8-16)21(26)24-12-11-17-9-5-6-10-18(17)14-24/h2-4,7-8,17-18H,5-6,9-14H2,1H3/t17-,18-/m0/s1. The maximum absolute atomic E-state index is 13.2. The first-order valence-electron chi connectivity index (χ1n) is 9.69. The van der Waals surface area contributed by atoms with Crippen molar-refractivity contribution in [3.8, 4) is 0 Å². The van der Waals surface area contributed by atoms with Gasteiger partial charge in [0, 0.05) is 13.1 Å². The lowest BCUT2D eigenvalue weighted by Crippen LogP contribution is -2.44. The molecule has 2 heterocycles. The van der Waals surface area contributed by atoms with Crippen LogP contribution in [0.1, 0.15) is 53.7 Å². The molecule has 1 aliphatic carbocycles. The average molecular weight is 372 g/mol. The van der Waals surface area contributed by atoms with E-state index in [4.69, 9.17) is 11.6 Å². The van der Waals surface area contributed by atoms with Gasteiger partial charge in [-0.15, -0.1) is 0 Å². The van der Waals surface area contributed by atoms with Crippen molar-refractivity contribution in [2.75, 3.05) is 13.1 Å². The molecule has 1 amide bonds. The third kappa shape index (κ3) is 3.39. The highest BCUT2D eigenvalue weighted by Gasteiger charge is 2.35. The van der Waals surface area contributed by atoms with Crippen molar-refractivity contribution in [2.24, 2.45) is 11.8 Å². The summed E-state index contributed by atoms with van der Waals surface area (Å²) in [5.74, 6) is 1.53. The van der Waals surface area contributed by atoms with E-state index >= 15 is 0 Å². The van der Waals surface area contributed by atoms with Crippen LogP contribution < -0.4 is 0 Å². The van der Waals surface area contributed by atoms with Crippen LogP contribution in [-0.2, 0) is 6.54 Å². The van der Waals surface area contributed by atoms with Crippen molar-refractivity contribution in [2.45, 2.75) is 45.6 Å². The van der Waals surface area contributed by atoms with Gasteiger partial charge in [0.05, 0.1) is 17.8 Å². The molecule has 1 aliphatic heterocycles. The van der Waals surface area contributed by atoms with Crippen LogP contribution in [0.5, 0.6) is 0 Å². The van der Waals surface area contributed by atoms with Crippen molar-refractivity contribution >= 4 is 17.5 Å². The number of amides is 1. The van der Waals surface area contributed by atoms with E-state index in [-0.39, 0.29) is 5.91 Å². The zero-order valence-corrected chi connectivity index (χ0v) is 16.1. The van der Waals surface area contributed by atoms with E-state index in [2.05, 4.69) is 5.10 Å². The number of hydrogen-bond donors (Lipinski definition) is 0. The Morgan fingerprint density at radius 3 is 2.65 bits per heavy atom. The number of carbonyl (C=O) groups excluding carboxylic acids is 1. The van der Waals surface area contributed by atoms with E-state index in [0.717, 1.165) is 36.7 Å². The first kappa shape index (κ1) is 17.6. The van der Waals surface area contributed by atoms with Crippen molar-refractivity contribution in [3.05, 3.63) is 52.3 Å². The Hall–Kier alpha value is -1.81. The number of likely N-dealkylation sites (tertiary alicyclic amines) is 1. The van der Waals surface area contributed by atoms with Crippen LogP contribution >= 0.6 is 11.6 Å². The number of fused-ring (bicyclic) bond motifs is 1. The van der Waals surface area contributed by atoms with Gasteiger partial charge in [0.1, 0.15) is 5.15 Å². The fourth-order valence-corrected chi connectivity index (χ4v) is 4.92. The highest BCUT2D eigenvalue weighted by molar-refractivity contribution is 6.33. The van der Waals surface area contributed by atoms with Crippen LogP contribution in [0.15, 0.2) is 30.3 Å². The number of halogens is 1. The highest BCUT2D eigenvalue weighted by Crippen LogP contribution is 2.37. The van der Waals surface area contributed by atoms with E-state index in [1.54, 1.807) is 4.68 Å². The molecule has 1 saturated carbocycles. The Morgan fingerprint density at radius 1 is 1.15 bits per heavy atom. The zero-order chi connectivity index (χ0) is 18.1. The molecule has 0 N–H and O–H groups in total. The lowest BCUT2D eigenvalue weighted by molar-refractivity contribution is 0.0520. The number of carbonyl (C=O) groups is 1. The number of aromatic nitrogens is 2. The molecule has 0 bridgehead atoms. The molecule has 0 spiro atoms. The molecule has 2 aliphatic rings. The molecule has 1 aromatic carbocycles. The molecule has 4 rings (SSSR count). The van der Waals surface area contributed by atoms with Gasteiger partial charge in [-0.3, -0.25) is 4.79 Å². The Morgan fingerprint density at radius 2 is 1.88 bits per heavy atom. The van der Waals surface area contributed by atoms with Gasteiger partial charge in [0.25, 0.3) is 5.91 Å². The first-order valence-corrected chi connectivity index (χ1v) is 10.1. The van der Waals surface area contributed by atoms with Crippen LogP contribution in [0.25, 0.3) is 0 Å². The summed E-state index contributed by atoms with van der Waals surface area (Å²) < 4.78 is 1.74. The molecule has 1 aromatic heterocycles. The molecule has 138 valence electrons. The van der Waals surface area contributed by atoms with Crippen LogP contribution in [-0.4, -0.2) is 33.7 Å². The molecule has 2 atom stereocenters. The van der Waals surface area contributed by atoms with E-state index < -0.39 is 0 Å². The Balaban J connectivity index is 1.53. The minimum atomic E-state index is 0.0517. The maximum Gasteiger partial charge on any atom is 0.258 e. The van der Waals surface area contributed by atoms with Gasteiger partial charge < -0.3 is 4.90 Å². The summed E-state index contributed by atoms with van der Waals surface area (Å²) in [6.07, 6.45) is 6.38. The SMILES string of the molecule is Cc1nn(Cc2ccccc2)c(Cl)c1C(=O)N1CC[C@@H]2CCCC[C@H]2C1. The second kappa shape index (κ2) is 7.43. The molecule has 2 fully saturated rings. The molecule has 1 saturated heterocycles. The van der Waals surface area contributed by atoms with Gasteiger partial charge in [-0.25, -0.2) is 4.68 Å². The van der Waals surface area contributed by atoms with E-state index in [9.17, 15) is 4.79 Å². The number of rotatable bonds is 3. The van der Waals surface area contributed by atoms with Gasteiger partial charge >= 0.3 is 0 Å². The lowest BCUT2D eigenvalue weighted by atomic mass is 9.75. The van der Waals surface area contributed by atoms with Crippen LogP contribution in [0, 0.1) is 18.8 Å². The predicted molar refractivity (Wildman–Crippen MR) is 103 cm³/mol.